The number of hydrogen-bond donors (Lipinski definition) is 2. The zero-order chi connectivity index (χ0) is 15.7. The molecule has 2 aromatic rings. The highest BCUT2D eigenvalue weighted by Crippen LogP contribution is 2.23. The van der Waals surface area contributed by atoms with E-state index in [-0.39, 0.29) is 11.8 Å². The Morgan fingerprint density at radius 3 is 3.09 bits per heavy atom. The van der Waals surface area contributed by atoms with Crippen molar-refractivity contribution < 1.29 is 9.53 Å². The smallest absolute Gasteiger partial charge is 0.166 e. The van der Waals surface area contributed by atoms with E-state index < -0.39 is 0 Å². The molecule has 0 saturated carbocycles. The lowest BCUT2D eigenvalue weighted by atomic mass is 10.0. The van der Waals surface area contributed by atoms with Gasteiger partial charge in [-0.15, -0.1) is 0 Å². The number of H-pyrrole nitrogens is 1. The quantitative estimate of drug-likeness (QED) is 0.668. The van der Waals surface area contributed by atoms with E-state index in [0.717, 1.165) is 35.0 Å². The molecule has 1 aliphatic rings. The zero-order valence-corrected chi connectivity index (χ0v) is 13.3. The van der Waals surface area contributed by atoms with E-state index in [2.05, 4.69) is 4.98 Å². The van der Waals surface area contributed by atoms with Crippen molar-refractivity contribution in [2.24, 2.45) is 5.73 Å². The molecule has 3 rings (SSSR count). The minimum absolute atomic E-state index is 0.0693. The molecule has 2 heterocycles. The highest BCUT2D eigenvalue weighted by Gasteiger charge is 2.25. The molecule has 22 heavy (non-hydrogen) atoms. The molecule has 0 radical (unpaired) electrons. The first-order valence-electron chi connectivity index (χ1n) is 7.31. The first-order chi connectivity index (χ1) is 10.6. The lowest BCUT2D eigenvalue weighted by Gasteiger charge is -2.36. The predicted molar refractivity (Wildman–Crippen MR) is 90.1 cm³/mol. The Kier molecular flexibility index (Phi) is 4.13. The fourth-order valence-electron chi connectivity index (χ4n) is 2.93. The number of morpholine rings is 1. The second-order valence-corrected chi connectivity index (χ2v) is 6.01. The van der Waals surface area contributed by atoms with Gasteiger partial charge in [0.15, 0.2) is 10.9 Å². The van der Waals surface area contributed by atoms with Crippen LogP contribution in [0.25, 0.3) is 10.9 Å². The van der Waals surface area contributed by atoms with Crippen LogP contribution in [0.15, 0.2) is 24.4 Å². The molecule has 1 aromatic heterocycles. The number of hydrogen-bond acceptors (Lipinski definition) is 3. The molecule has 5 nitrogen and oxygen atoms in total. The van der Waals surface area contributed by atoms with Crippen molar-refractivity contribution in [3.63, 3.8) is 0 Å². The number of Topliss-reactive ketones (excluding diaryl/α,β-unsaturated/α-hetero) is 1. The van der Waals surface area contributed by atoms with Gasteiger partial charge in [0.25, 0.3) is 0 Å². The zero-order valence-electron chi connectivity index (χ0n) is 12.5. The number of rotatable bonds is 3. The third-order valence-corrected chi connectivity index (χ3v) is 4.37. The number of nitrogens with zero attached hydrogens (tertiary/aromatic N) is 1. The molecular weight excluding hydrogens is 298 g/mol. The Labute approximate surface area is 134 Å². The topological polar surface area (TPSA) is 71.4 Å². The van der Waals surface area contributed by atoms with Gasteiger partial charge in [-0.05, 0) is 49.3 Å². The number of nitrogens with one attached hydrogen (secondary N) is 1. The van der Waals surface area contributed by atoms with E-state index >= 15 is 0 Å². The monoisotopic (exact) mass is 317 g/mol. The number of carbonyl (C=O) groups excluding carboxylic acids is 1. The van der Waals surface area contributed by atoms with Crippen LogP contribution >= 0.6 is 12.2 Å². The molecule has 1 atom stereocenters. The Bertz CT molecular complexity index is 725. The Morgan fingerprint density at radius 1 is 1.55 bits per heavy atom. The average Bonchev–Trinajstić information content (AvgIpc) is 2.90. The van der Waals surface area contributed by atoms with Crippen molar-refractivity contribution in [3.8, 4) is 0 Å². The second kappa shape index (κ2) is 6.06. The number of aromatic amines is 1. The molecule has 1 fully saturated rings. The van der Waals surface area contributed by atoms with Crippen molar-refractivity contribution in [1.82, 2.24) is 9.88 Å². The van der Waals surface area contributed by atoms with Gasteiger partial charge in [0.2, 0.25) is 0 Å². The van der Waals surface area contributed by atoms with Crippen LogP contribution in [0.5, 0.6) is 0 Å². The first-order valence-corrected chi connectivity index (χ1v) is 7.72. The molecule has 1 aromatic carbocycles. The Hall–Kier alpha value is -1.92. The van der Waals surface area contributed by atoms with Crippen molar-refractivity contribution >= 4 is 34.0 Å². The van der Waals surface area contributed by atoms with Gasteiger partial charge in [-0.25, -0.2) is 0 Å². The van der Waals surface area contributed by atoms with Gasteiger partial charge >= 0.3 is 0 Å². The molecular formula is C16H19N3O2S. The van der Waals surface area contributed by atoms with Gasteiger partial charge in [0, 0.05) is 29.2 Å². The third kappa shape index (κ3) is 2.84. The summed E-state index contributed by atoms with van der Waals surface area (Å²) in [6.45, 7) is 3.56. The minimum atomic E-state index is 0.0693. The number of nitrogens with two attached hydrogens (primary N) is 1. The summed E-state index contributed by atoms with van der Waals surface area (Å²) < 4.78 is 5.56. The molecule has 0 aliphatic carbocycles. The predicted octanol–water partition coefficient (Wildman–Crippen LogP) is 1.86. The van der Waals surface area contributed by atoms with Crippen LogP contribution < -0.4 is 5.73 Å². The SMILES string of the molecule is CC(=O)c1ccc2[nH]cc(C[C@H]3COCCN3C(N)=S)c2c1. The largest absolute Gasteiger partial charge is 0.377 e. The highest BCUT2D eigenvalue weighted by molar-refractivity contribution is 7.80. The summed E-state index contributed by atoms with van der Waals surface area (Å²) in [7, 11) is 0. The second-order valence-electron chi connectivity index (χ2n) is 5.59. The maximum Gasteiger partial charge on any atom is 0.166 e. The molecule has 0 spiro atoms. The van der Waals surface area contributed by atoms with Crippen molar-refractivity contribution in [2.75, 3.05) is 19.8 Å². The normalized spacial score (nSPS) is 18.6. The van der Waals surface area contributed by atoms with Crippen LogP contribution in [0.3, 0.4) is 0 Å². The van der Waals surface area contributed by atoms with Crippen LogP contribution in [-0.4, -0.2) is 46.6 Å². The minimum Gasteiger partial charge on any atom is -0.377 e. The maximum absolute atomic E-state index is 11.6. The number of thiocarbonyl (C=S) groups is 1. The van der Waals surface area contributed by atoms with Crippen LogP contribution in [0, 0.1) is 0 Å². The fraction of sp³-hybridized carbons (Fsp3) is 0.375. The Morgan fingerprint density at radius 2 is 2.36 bits per heavy atom. The summed E-state index contributed by atoms with van der Waals surface area (Å²) in [6, 6.07) is 5.86. The van der Waals surface area contributed by atoms with Gasteiger partial charge in [-0.2, -0.15) is 0 Å². The number of ketones is 1. The number of carbonyl (C=O) groups is 1. The van der Waals surface area contributed by atoms with Gasteiger partial charge in [-0.3, -0.25) is 4.79 Å². The van der Waals surface area contributed by atoms with Gasteiger partial charge < -0.3 is 20.4 Å². The standard InChI is InChI=1S/C16H19N3O2S/c1-10(20)11-2-3-15-14(7-11)12(8-18-15)6-13-9-21-5-4-19(13)16(17)22/h2-3,7-8,13,18H,4-6,9H2,1H3,(H2,17,22)/t13-/m0/s1. The van der Waals surface area contributed by atoms with Gasteiger partial charge in [0.1, 0.15) is 0 Å². The number of aromatic nitrogens is 1. The van der Waals surface area contributed by atoms with Crippen molar-refractivity contribution in [3.05, 3.63) is 35.5 Å². The van der Waals surface area contributed by atoms with E-state index in [4.69, 9.17) is 22.7 Å². The van der Waals surface area contributed by atoms with Gasteiger partial charge in [-0.1, -0.05) is 0 Å². The summed E-state index contributed by atoms with van der Waals surface area (Å²) in [6.07, 6.45) is 2.76. The summed E-state index contributed by atoms with van der Waals surface area (Å²) in [5, 5.41) is 1.48. The van der Waals surface area contributed by atoms with E-state index in [1.807, 2.05) is 29.3 Å². The maximum atomic E-state index is 11.6. The van der Waals surface area contributed by atoms with Crippen LogP contribution in [-0.2, 0) is 11.2 Å². The number of benzene rings is 1. The summed E-state index contributed by atoms with van der Waals surface area (Å²) in [5.74, 6) is 0.0693. The van der Waals surface area contributed by atoms with E-state index in [0.29, 0.717) is 18.3 Å². The lowest BCUT2D eigenvalue weighted by Crippen LogP contribution is -2.51. The lowest BCUT2D eigenvalue weighted by molar-refractivity contribution is 0.0274. The van der Waals surface area contributed by atoms with E-state index in [1.165, 1.54) is 0 Å². The van der Waals surface area contributed by atoms with Crippen LogP contribution in [0.4, 0.5) is 0 Å². The van der Waals surface area contributed by atoms with Crippen molar-refractivity contribution in [1.29, 1.82) is 0 Å². The molecule has 0 bridgehead atoms. The molecule has 116 valence electrons. The van der Waals surface area contributed by atoms with E-state index in [1.54, 1.807) is 6.92 Å². The number of ether oxygens (including phenoxy) is 1. The Balaban J connectivity index is 1.91. The van der Waals surface area contributed by atoms with Gasteiger partial charge in [0.05, 0.1) is 19.3 Å². The molecule has 1 aliphatic heterocycles. The first kappa shape index (κ1) is 15.0. The van der Waals surface area contributed by atoms with Crippen LogP contribution in [0.2, 0.25) is 0 Å². The molecule has 6 heteroatoms. The van der Waals surface area contributed by atoms with Crippen molar-refractivity contribution in [2.45, 2.75) is 19.4 Å². The molecule has 0 unspecified atom stereocenters. The summed E-state index contributed by atoms with van der Waals surface area (Å²) in [5.41, 5.74) is 8.71. The third-order valence-electron chi connectivity index (χ3n) is 4.14. The summed E-state index contributed by atoms with van der Waals surface area (Å²) in [4.78, 5) is 16.9. The molecule has 1 saturated heterocycles. The van der Waals surface area contributed by atoms with Crippen LogP contribution in [0.1, 0.15) is 22.8 Å². The number of fused-ring (bicyclic) bond motifs is 1. The fourth-order valence-corrected chi connectivity index (χ4v) is 3.17. The average molecular weight is 317 g/mol. The van der Waals surface area contributed by atoms with E-state index in [9.17, 15) is 4.79 Å². The molecule has 3 N–H and O–H groups in total. The molecule has 0 amide bonds. The summed E-state index contributed by atoms with van der Waals surface area (Å²) >= 11 is 5.13. The highest BCUT2D eigenvalue weighted by atomic mass is 32.1.